The van der Waals surface area contributed by atoms with E-state index in [0.29, 0.717) is 12.0 Å². The fraction of sp³-hybridized carbons (Fsp3) is 1.00. The lowest BCUT2D eigenvalue weighted by atomic mass is 9.86. The van der Waals surface area contributed by atoms with Crippen LogP contribution in [0, 0.1) is 17.8 Å². The summed E-state index contributed by atoms with van der Waals surface area (Å²) in [6.45, 7) is 9.83. The molecule has 2 aliphatic heterocycles. The van der Waals surface area contributed by atoms with Gasteiger partial charge in [0.05, 0.1) is 6.61 Å². The summed E-state index contributed by atoms with van der Waals surface area (Å²) in [5, 5.41) is 0. The topological polar surface area (TPSA) is 38.5 Å². The van der Waals surface area contributed by atoms with Crippen LogP contribution in [0.4, 0.5) is 0 Å². The molecule has 4 atom stereocenters. The van der Waals surface area contributed by atoms with E-state index in [1.165, 1.54) is 25.9 Å². The summed E-state index contributed by atoms with van der Waals surface area (Å²) in [7, 11) is 0. The van der Waals surface area contributed by atoms with E-state index in [9.17, 15) is 0 Å². The Morgan fingerprint density at radius 2 is 2.12 bits per heavy atom. The van der Waals surface area contributed by atoms with Gasteiger partial charge < -0.3 is 10.5 Å². The molecule has 0 bridgehead atoms. The zero-order valence-electron chi connectivity index (χ0n) is 10.7. The standard InChI is InChI=1S/C13H26N2O/c1-10-3-5-15(8-11(10)2)13(7-14)12-4-6-16-9-12/h10-13H,3-9,14H2,1-2H3. The van der Waals surface area contributed by atoms with Crippen molar-refractivity contribution in [2.24, 2.45) is 23.5 Å². The number of piperidine rings is 1. The van der Waals surface area contributed by atoms with Crippen LogP contribution >= 0.6 is 0 Å². The van der Waals surface area contributed by atoms with Gasteiger partial charge in [-0.1, -0.05) is 13.8 Å². The molecule has 2 heterocycles. The number of hydrogen-bond acceptors (Lipinski definition) is 3. The van der Waals surface area contributed by atoms with E-state index in [0.717, 1.165) is 31.6 Å². The van der Waals surface area contributed by atoms with Crippen LogP contribution in [0.1, 0.15) is 26.7 Å². The van der Waals surface area contributed by atoms with Gasteiger partial charge in [0.2, 0.25) is 0 Å². The van der Waals surface area contributed by atoms with Crippen LogP contribution in [0.15, 0.2) is 0 Å². The third kappa shape index (κ3) is 2.58. The van der Waals surface area contributed by atoms with E-state index in [1.807, 2.05) is 0 Å². The average molecular weight is 226 g/mol. The van der Waals surface area contributed by atoms with Crippen molar-refractivity contribution in [2.75, 3.05) is 32.8 Å². The zero-order valence-corrected chi connectivity index (χ0v) is 10.7. The highest BCUT2D eigenvalue weighted by Gasteiger charge is 2.33. The van der Waals surface area contributed by atoms with Gasteiger partial charge in [-0.25, -0.2) is 0 Å². The summed E-state index contributed by atoms with van der Waals surface area (Å²) < 4.78 is 5.50. The van der Waals surface area contributed by atoms with Gasteiger partial charge in [-0.3, -0.25) is 4.90 Å². The molecule has 2 aliphatic rings. The first-order chi connectivity index (χ1) is 7.72. The van der Waals surface area contributed by atoms with Gasteiger partial charge in [-0.2, -0.15) is 0 Å². The fourth-order valence-corrected chi connectivity index (χ4v) is 3.09. The molecule has 4 unspecified atom stereocenters. The molecule has 0 aromatic heterocycles. The molecule has 2 N–H and O–H groups in total. The minimum absolute atomic E-state index is 0.553. The second-order valence-electron chi connectivity index (χ2n) is 5.66. The van der Waals surface area contributed by atoms with E-state index in [2.05, 4.69) is 18.7 Å². The number of nitrogens with zero attached hydrogens (tertiary/aromatic N) is 1. The minimum atomic E-state index is 0.553. The Balaban J connectivity index is 1.93. The first-order valence-corrected chi connectivity index (χ1v) is 6.74. The predicted molar refractivity (Wildman–Crippen MR) is 66.3 cm³/mol. The van der Waals surface area contributed by atoms with E-state index < -0.39 is 0 Å². The molecule has 16 heavy (non-hydrogen) atoms. The second kappa shape index (κ2) is 5.48. The van der Waals surface area contributed by atoms with Crippen molar-refractivity contribution in [3.63, 3.8) is 0 Å². The number of likely N-dealkylation sites (tertiary alicyclic amines) is 1. The second-order valence-corrected chi connectivity index (χ2v) is 5.66. The van der Waals surface area contributed by atoms with Gasteiger partial charge >= 0.3 is 0 Å². The Hall–Kier alpha value is -0.120. The molecule has 0 aliphatic carbocycles. The average Bonchev–Trinajstić information content (AvgIpc) is 2.78. The lowest BCUT2D eigenvalue weighted by Crippen LogP contribution is -2.51. The molecule has 0 saturated carbocycles. The van der Waals surface area contributed by atoms with Gasteiger partial charge in [-0.05, 0) is 31.2 Å². The summed E-state index contributed by atoms with van der Waals surface area (Å²) in [5.74, 6) is 2.35. The van der Waals surface area contributed by atoms with E-state index in [1.54, 1.807) is 0 Å². The van der Waals surface area contributed by atoms with Gasteiger partial charge in [-0.15, -0.1) is 0 Å². The summed E-state index contributed by atoms with van der Waals surface area (Å²) >= 11 is 0. The molecular weight excluding hydrogens is 200 g/mol. The summed E-state index contributed by atoms with van der Waals surface area (Å²) in [4.78, 5) is 2.62. The summed E-state index contributed by atoms with van der Waals surface area (Å²) in [6.07, 6.45) is 2.52. The molecule has 0 radical (unpaired) electrons. The molecule has 0 aromatic rings. The van der Waals surface area contributed by atoms with Crippen LogP contribution < -0.4 is 5.73 Å². The van der Waals surface area contributed by atoms with Crippen molar-refractivity contribution in [1.29, 1.82) is 0 Å². The highest BCUT2D eigenvalue weighted by molar-refractivity contribution is 4.86. The summed E-state index contributed by atoms with van der Waals surface area (Å²) in [5.41, 5.74) is 5.97. The predicted octanol–water partition coefficient (Wildman–Crippen LogP) is 1.33. The summed E-state index contributed by atoms with van der Waals surface area (Å²) in [6, 6.07) is 0.553. The van der Waals surface area contributed by atoms with Crippen molar-refractivity contribution in [3.8, 4) is 0 Å². The maximum atomic E-state index is 5.97. The Morgan fingerprint density at radius 1 is 1.31 bits per heavy atom. The maximum absolute atomic E-state index is 5.97. The Morgan fingerprint density at radius 3 is 2.69 bits per heavy atom. The van der Waals surface area contributed by atoms with Crippen LogP contribution in [-0.4, -0.2) is 43.8 Å². The molecule has 0 spiro atoms. The molecule has 2 fully saturated rings. The van der Waals surface area contributed by atoms with Crippen LogP contribution in [0.2, 0.25) is 0 Å². The van der Waals surface area contributed by atoms with Crippen molar-refractivity contribution >= 4 is 0 Å². The van der Waals surface area contributed by atoms with E-state index in [4.69, 9.17) is 10.5 Å². The van der Waals surface area contributed by atoms with Gasteiger partial charge in [0, 0.05) is 31.7 Å². The van der Waals surface area contributed by atoms with Crippen molar-refractivity contribution in [3.05, 3.63) is 0 Å². The quantitative estimate of drug-likeness (QED) is 0.789. The Kier molecular flexibility index (Phi) is 4.22. The first kappa shape index (κ1) is 12.3. The van der Waals surface area contributed by atoms with E-state index in [-0.39, 0.29) is 0 Å². The highest BCUT2D eigenvalue weighted by Crippen LogP contribution is 2.28. The monoisotopic (exact) mass is 226 g/mol. The number of rotatable bonds is 3. The van der Waals surface area contributed by atoms with Gasteiger partial charge in [0.25, 0.3) is 0 Å². The molecule has 94 valence electrons. The largest absolute Gasteiger partial charge is 0.381 e. The third-order valence-corrected chi connectivity index (χ3v) is 4.59. The number of ether oxygens (including phenoxy) is 1. The molecule has 0 aromatic carbocycles. The van der Waals surface area contributed by atoms with Crippen molar-refractivity contribution < 1.29 is 4.74 Å². The lowest BCUT2D eigenvalue weighted by molar-refractivity contribution is 0.0638. The molecular formula is C13H26N2O. The van der Waals surface area contributed by atoms with Crippen LogP contribution in [-0.2, 0) is 4.74 Å². The van der Waals surface area contributed by atoms with Crippen molar-refractivity contribution in [2.45, 2.75) is 32.7 Å². The van der Waals surface area contributed by atoms with Gasteiger partial charge in [0.15, 0.2) is 0 Å². The van der Waals surface area contributed by atoms with E-state index >= 15 is 0 Å². The maximum Gasteiger partial charge on any atom is 0.0510 e. The highest BCUT2D eigenvalue weighted by atomic mass is 16.5. The smallest absolute Gasteiger partial charge is 0.0510 e. The zero-order chi connectivity index (χ0) is 11.5. The Bertz CT molecular complexity index is 216. The SMILES string of the molecule is CC1CCN(C(CN)C2CCOC2)CC1C. The van der Waals surface area contributed by atoms with Crippen LogP contribution in [0.25, 0.3) is 0 Å². The fourth-order valence-electron chi connectivity index (χ4n) is 3.09. The normalized spacial score (nSPS) is 38.8. The number of nitrogens with two attached hydrogens (primary N) is 1. The number of hydrogen-bond donors (Lipinski definition) is 1. The van der Waals surface area contributed by atoms with Gasteiger partial charge in [0.1, 0.15) is 0 Å². The molecule has 3 heteroatoms. The van der Waals surface area contributed by atoms with Crippen LogP contribution in [0.3, 0.4) is 0 Å². The Labute approximate surface area is 99.3 Å². The third-order valence-electron chi connectivity index (χ3n) is 4.59. The molecule has 2 saturated heterocycles. The molecule has 0 amide bonds. The lowest BCUT2D eigenvalue weighted by Gasteiger charge is -2.41. The van der Waals surface area contributed by atoms with Crippen molar-refractivity contribution in [1.82, 2.24) is 4.90 Å². The molecule has 2 rings (SSSR count). The molecule has 3 nitrogen and oxygen atoms in total. The van der Waals surface area contributed by atoms with Crippen LogP contribution in [0.5, 0.6) is 0 Å². The first-order valence-electron chi connectivity index (χ1n) is 6.74. The minimum Gasteiger partial charge on any atom is -0.381 e.